The summed E-state index contributed by atoms with van der Waals surface area (Å²) in [6, 6.07) is 16.6. The number of fused-ring (bicyclic) bond motifs is 2. The van der Waals surface area contributed by atoms with Crippen LogP contribution in [0, 0.1) is 6.92 Å². The predicted molar refractivity (Wildman–Crippen MR) is 104 cm³/mol. The zero-order chi connectivity index (χ0) is 17.5. The zero-order valence-electron chi connectivity index (χ0n) is 14.6. The number of nitrogens with one attached hydrogen (secondary N) is 1. The highest BCUT2D eigenvalue weighted by Gasteiger charge is 2.22. The summed E-state index contributed by atoms with van der Waals surface area (Å²) in [5.41, 5.74) is 6.11. The Morgan fingerprint density at radius 1 is 1.04 bits per heavy atom. The number of anilines is 1. The third kappa shape index (κ3) is 2.44. The van der Waals surface area contributed by atoms with Crippen molar-refractivity contribution in [2.45, 2.75) is 19.9 Å². The molecule has 1 N–H and O–H groups in total. The van der Waals surface area contributed by atoms with E-state index in [0.717, 1.165) is 64.7 Å². The molecule has 3 aromatic heterocycles. The molecule has 4 aromatic rings. The minimum absolute atomic E-state index is 0.912. The summed E-state index contributed by atoms with van der Waals surface area (Å²) in [5.74, 6) is 0.927. The molecule has 0 spiro atoms. The largest absolute Gasteiger partial charge is 0.356 e. The van der Waals surface area contributed by atoms with Crippen LogP contribution >= 0.6 is 0 Å². The van der Waals surface area contributed by atoms with Crippen molar-refractivity contribution >= 4 is 16.9 Å². The van der Waals surface area contributed by atoms with Gasteiger partial charge in [-0.1, -0.05) is 18.2 Å². The number of hydrogen-bond donors (Lipinski definition) is 1. The quantitative estimate of drug-likeness (QED) is 0.591. The number of benzene rings is 1. The molecule has 0 aliphatic carbocycles. The van der Waals surface area contributed by atoms with Crippen LogP contribution in [0.1, 0.15) is 12.1 Å². The van der Waals surface area contributed by atoms with E-state index >= 15 is 0 Å². The van der Waals surface area contributed by atoms with E-state index in [1.165, 1.54) is 0 Å². The Balaban J connectivity index is 1.77. The van der Waals surface area contributed by atoms with Gasteiger partial charge >= 0.3 is 0 Å². The van der Waals surface area contributed by atoms with Crippen LogP contribution in [0.15, 0.2) is 54.7 Å². The van der Waals surface area contributed by atoms with Crippen LogP contribution in [0.4, 0.5) is 5.95 Å². The van der Waals surface area contributed by atoms with E-state index < -0.39 is 0 Å². The van der Waals surface area contributed by atoms with Gasteiger partial charge in [0.25, 0.3) is 0 Å². The predicted octanol–water partition coefficient (Wildman–Crippen LogP) is 4.28. The van der Waals surface area contributed by atoms with Gasteiger partial charge in [0.2, 0.25) is 5.95 Å². The average Bonchev–Trinajstić information content (AvgIpc) is 3.07. The molecule has 5 heteroatoms. The van der Waals surface area contributed by atoms with Gasteiger partial charge in [-0.2, -0.15) is 0 Å². The van der Waals surface area contributed by atoms with Gasteiger partial charge in [-0.15, -0.1) is 0 Å². The molecule has 0 bridgehead atoms. The lowest BCUT2D eigenvalue weighted by molar-refractivity contribution is 0.632. The normalized spacial score (nSPS) is 13.4. The molecule has 0 saturated heterocycles. The monoisotopic (exact) mass is 341 g/mol. The number of hydrogen-bond acceptors (Lipinski definition) is 4. The number of nitrogens with zero attached hydrogens (tertiary/aromatic N) is 4. The maximum atomic E-state index is 4.89. The second kappa shape index (κ2) is 5.95. The highest BCUT2D eigenvalue weighted by molar-refractivity contribution is 5.87. The summed E-state index contributed by atoms with van der Waals surface area (Å²) in [4.78, 5) is 14.0. The fourth-order valence-electron chi connectivity index (χ4n) is 3.61. The molecular weight excluding hydrogens is 322 g/mol. The molecule has 0 fully saturated rings. The molecule has 0 radical (unpaired) electrons. The van der Waals surface area contributed by atoms with Gasteiger partial charge in [0.1, 0.15) is 5.69 Å². The molecule has 1 aliphatic heterocycles. The van der Waals surface area contributed by atoms with E-state index in [4.69, 9.17) is 9.97 Å². The van der Waals surface area contributed by atoms with Crippen molar-refractivity contribution in [3.05, 3.63) is 60.4 Å². The summed E-state index contributed by atoms with van der Waals surface area (Å²) in [6.07, 6.45) is 2.92. The molecule has 1 aliphatic rings. The first kappa shape index (κ1) is 15.1. The lowest BCUT2D eigenvalue weighted by Crippen LogP contribution is -2.17. The average molecular weight is 341 g/mol. The highest BCUT2D eigenvalue weighted by Crippen LogP contribution is 2.36. The van der Waals surface area contributed by atoms with Crippen molar-refractivity contribution in [3.63, 3.8) is 0 Å². The topological polar surface area (TPSA) is 55.6 Å². The number of aryl methyl sites for hydroxylation is 1. The van der Waals surface area contributed by atoms with E-state index in [1.807, 2.05) is 37.4 Å². The second-order valence-corrected chi connectivity index (χ2v) is 6.64. The zero-order valence-corrected chi connectivity index (χ0v) is 14.6. The fraction of sp³-hybridized carbons (Fsp3) is 0.190. The first-order valence-electron chi connectivity index (χ1n) is 8.93. The lowest BCUT2D eigenvalue weighted by atomic mass is 10.0. The van der Waals surface area contributed by atoms with Crippen LogP contribution in [0.5, 0.6) is 0 Å². The standard InChI is InChI=1S/C21H19N5/c1-14-5-2-7-18(24-14)19-20(26-12-4-11-23-21(26)25-19)16-8-9-17-15(13-16)6-3-10-22-17/h2-3,5-10,13H,4,11-12H2,1H3,(H,23,25). The SMILES string of the molecule is Cc1cccc(-c2nc3n(c2-c2ccc4ncccc4c2)CCCN3)n1. The smallest absolute Gasteiger partial charge is 0.203 e. The van der Waals surface area contributed by atoms with Crippen LogP contribution in [0.3, 0.4) is 0 Å². The van der Waals surface area contributed by atoms with Gasteiger partial charge in [0.05, 0.1) is 16.9 Å². The summed E-state index contributed by atoms with van der Waals surface area (Å²) in [5, 5.41) is 4.56. The molecular formula is C21H19N5. The van der Waals surface area contributed by atoms with Crippen molar-refractivity contribution in [3.8, 4) is 22.6 Å². The molecule has 0 saturated carbocycles. The van der Waals surface area contributed by atoms with Crippen molar-refractivity contribution in [1.82, 2.24) is 19.5 Å². The second-order valence-electron chi connectivity index (χ2n) is 6.64. The van der Waals surface area contributed by atoms with Crippen molar-refractivity contribution in [2.75, 3.05) is 11.9 Å². The van der Waals surface area contributed by atoms with E-state index in [-0.39, 0.29) is 0 Å². The van der Waals surface area contributed by atoms with Crippen LogP contribution in [0.25, 0.3) is 33.5 Å². The lowest BCUT2D eigenvalue weighted by Gasteiger charge is -2.18. The number of rotatable bonds is 2. The van der Waals surface area contributed by atoms with Gasteiger partial charge in [0, 0.05) is 35.9 Å². The van der Waals surface area contributed by atoms with Gasteiger partial charge in [-0.25, -0.2) is 4.98 Å². The van der Waals surface area contributed by atoms with Gasteiger partial charge < -0.3 is 9.88 Å². The summed E-state index contributed by atoms with van der Waals surface area (Å²) in [7, 11) is 0. The van der Waals surface area contributed by atoms with Gasteiger partial charge in [-0.3, -0.25) is 9.97 Å². The Hall–Kier alpha value is -3.21. The molecule has 1 aromatic carbocycles. The Morgan fingerprint density at radius 2 is 2.00 bits per heavy atom. The van der Waals surface area contributed by atoms with Crippen molar-refractivity contribution in [2.24, 2.45) is 0 Å². The molecule has 26 heavy (non-hydrogen) atoms. The summed E-state index contributed by atoms with van der Waals surface area (Å²) in [6.45, 7) is 3.93. The van der Waals surface area contributed by atoms with E-state index in [9.17, 15) is 0 Å². The molecule has 128 valence electrons. The number of pyridine rings is 2. The number of imidazole rings is 1. The third-order valence-electron chi connectivity index (χ3n) is 4.82. The van der Waals surface area contributed by atoms with E-state index in [0.29, 0.717) is 0 Å². The molecule has 5 nitrogen and oxygen atoms in total. The summed E-state index contributed by atoms with van der Waals surface area (Å²) >= 11 is 0. The first-order chi connectivity index (χ1) is 12.8. The minimum Gasteiger partial charge on any atom is -0.356 e. The first-order valence-corrected chi connectivity index (χ1v) is 8.93. The van der Waals surface area contributed by atoms with Crippen LogP contribution < -0.4 is 5.32 Å². The molecule has 0 amide bonds. The number of aromatic nitrogens is 4. The Bertz CT molecular complexity index is 1110. The van der Waals surface area contributed by atoms with Crippen molar-refractivity contribution in [1.29, 1.82) is 0 Å². The Kier molecular flexibility index (Phi) is 3.45. The Labute approximate surface area is 151 Å². The van der Waals surface area contributed by atoms with Crippen molar-refractivity contribution < 1.29 is 0 Å². The fourth-order valence-corrected chi connectivity index (χ4v) is 3.61. The van der Waals surface area contributed by atoms with Gasteiger partial charge in [0.15, 0.2) is 0 Å². The minimum atomic E-state index is 0.912. The van der Waals surface area contributed by atoms with Crippen LogP contribution in [-0.4, -0.2) is 26.1 Å². The summed E-state index contributed by atoms with van der Waals surface area (Å²) < 4.78 is 2.28. The van der Waals surface area contributed by atoms with E-state index in [2.05, 4.69) is 39.1 Å². The maximum Gasteiger partial charge on any atom is 0.203 e. The third-order valence-corrected chi connectivity index (χ3v) is 4.82. The molecule has 4 heterocycles. The van der Waals surface area contributed by atoms with Crippen LogP contribution in [0.2, 0.25) is 0 Å². The van der Waals surface area contributed by atoms with Gasteiger partial charge in [-0.05, 0) is 43.7 Å². The van der Waals surface area contributed by atoms with Crippen LogP contribution in [-0.2, 0) is 6.54 Å². The van der Waals surface area contributed by atoms with E-state index in [1.54, 1.807) is 0 Å². The molecule has 0 atom stereocenters. The maximum absolute atomic E-state index is 4.89. The molecule has 5 rings (SSSR count). The molecule has 0 unspecified atom stereocenters. The highest BCUT2D eigenvalue weighted by atomic mass is 15.2. The Morgan fingerprint density at radius 3 is 2.92 bits per heavy atom.